The number of esters is 1. The number of carbonyl (C=O) groups excluding carboxylic acids is 3. The summed E-state index contributed by atoms with van der Waals surface area (Å²) in [5.41, 5.74) is 4.69. The number of ketones is 1. The molecule has 1 amide bonds. The van der Waals surface area contributed by atoms with Gasteiger partial charge in [-0.15, -0.1) is 0 Å². The van der Waals surface area contributed by atoms with E-state index in [-0.39, 0.29) is 56.8 Å². The van der Waals surface area contributed by atoms with E-state index < -0.39 is 0 Å². The number of nitrogens with one attached hydrogen (secondary N) is 1. The maximum atomic E-state index is 13.6. The Labute approximate surface area is 235 Å². The molecule has 4 fully saturated rings. The van der Waals surface area contributed by atoms with Crippen molar-refractivity contribution in [3.05, 3.63) is 11.1 Å². The Hall–Kier alpha value is -1.69. The van der Waals surface area contributed by atoms with Crippen LogP contribution in [0.2, 0.25) is 0 Å². The van der Waals surface area contributed by atoms with Crippen LogP contribution in [0.25, 0.3) is 0 Å². The molecule has 5 aliphatic carbocycles. The van der Waals surface area contributed by atoms with Crippen molar-refractivity contribution in [2.75, 3.05) is 0 Å². The average molecular weight is 541 g/mol. The second kappa shape index (κ2) is 9.16. The lowest BCUT2D eigenvalue weighted by Gasteiger charge is -2.72. The normalized spacial score (nSPS) is 44.7. The van der Waals surface area contributed by atoms with Crippen molar-refractivity contribution in [2.45, 2.75) is 126 Å². The van der Waals surface area contributed by atoms with E-state index in [2.05, 4.69) is 53.9 Å². The number of Topliss-reactive ketones (excluding diaryl/α,β-unsaturated/α-hetero) is 1. The molecular weight excluding hydrogens is 488 g/mol. The number of hydrazine groups is 1. The zero-order valence-electron chi connectivity index (χ0n) is 25.7. The number of hydrogen-bond acceptors (Lipinski definition) is 5. The van der Waals surface area contributed by atoms with Gasteiger partial charge in [0.25, 0.3) is 0 Å². The first-order chi connectivity index (χ1) is 18.1. The Morgan fingerprint density at radius 2 is 1.64 bits per heavy atom. The number of ether oxygens (including phenoxy) is 1. The van der Waals surface area contributed by atoms with Gasteiger partial charge in [0, 0.05) is 30.6 Å². The van der Waals surface area contributed by atoms with Crippen LogP contribution >= 0.6 is 0 Å². The number of rotatable bonds is 4. The van der Waals surface area contributed by atoms with E-state index >= 15 is 0 Å². The average Bonchev–Trinajstić information content (AvgIpc) is 3.13. The quantitative estimate of drug-likeness (QED) is 0.189. The molecule has 0 heterocycles. The smallest absolute Gasteiger partial charge is 0.302 e. The molecule has 0 unspecified atom stereocenters. The highest BCUT2D eigenvalue weighted by Gasteiger charge is 2.70. The monoisotopic (exact) mass is 540 g/mol. The topological polar surface area (TPSA) is 98.5 Å². The lowest BCUT2D eigenvalue weighted by molar-refractivity contribution is -0.232. The van der Waals surface area contributed by atoms with Crippen molar-refractivity contribution in [3.63, 3.8) is 0 Å². The number of nitrogens with two attached hydrogens (primary N) is 1. The number of amides is 1. The molecule has 3 N–H and O–H groups in total. The summed E-state index contributed by atoms with van der Waals surface area (Å²) in [6.45, 7) is 18.2. The molecule has 6 nitrogen and oxygen atoms in total. The van der Waals surface area contributed by atoms with Crippen LogP contribution < -0.4 is 11.3 Å². The van der Waals surface area contributed by atoms with Gasteiger partial charge in [-0.25, -0.2) is 5.84 Å². The number of hydrogen-bond donors (Lipinski definition) is 2. The van der Waals surface area contributed by atoms with Crippen LogP contribution in [0.3, 0.4) is 0 Å². The third kappa shape index (κ3) is 3.85. The third-order valence-corrected chi connectivity index (χ3v) is 13.5. The van der Waals surface area contributed by atoms with Gasteiger partial charge in [-0.05, 0) is 96.9 Å². The van der Waals surface area contributed by atoms with Crippen LogP contribution in [0, 0.1) is 50.7 Å². The summed E-state index contributed by atoms with van der Waals surface area (Å²) >= 11 is 0. The highest BCUT2D eigenvalue weighted by atomic mass is 16.5. The summed E-state index contributed by atoms with van der Waals surface area (Å²) in [6, 6.07) is 0. The molecule has 0 aromatic carbocycles. The molecule has 0 saturated heterocycles. The molecule has 8 atom stereocenters. The summed E-state index contributed by atoms with van der Waals surface area (Å²) in [7, 11) is 0. The van der Waals surface area contributed by atoms with Crippen molar-refractivity contribution in [1.82, 2.24) is 5.43 Å². The molecule has 0 aromatic rings. The molecule has 5 rings (SSSR count). The molecule has 4 saturated carbocycles. The zero-order valence-corrected chi connectivity index (χ0v) is 25.7. The van der Waals surface area contributed by atoms with Crippen molar-refractivity contribution in [3.8, 4) is 0 Å². The second-order valence-electron chi connectivity index (χ2n) is 15.7. The van der Waals surface area contributed by atoms with Gasteiger partial charge in [0.1, 0.15) is 6.10 Å². The van der Waals surface area contributed by atoms with E-state index in [0.717, 1.165) is 56.9 Å². The van der Waals surface area contributed by atoms with Gasteiger partial charge in [-0.3, -0.25) is 19.8 Å². The predicted molar refractivity (Wildman–Crippen MR) is 152 cm³/mol. The number of allylic oxidation sites excluding steroid dienone is 2. The van der Waals surface area contributed by atoms with Crippen LogP contribution in [-0.4, -0.2) is 23.8 Å². The third-order valence-electron chi connectivity index (χ3n) is 13.5. The van der Waals surface area contributed by atoms with Crippen LogP contribution in [0.15, 0.2) is 11.1 Å². The molecular formula is C33H52N2O4. The first-order valence-electron chi connectivity index (χ1n) is 15.5. The van der Waals surface area contributed by atoms with E-state index in [1.165, 1.54) is 12.5 Å². The van der Waals surface area contributed by atoms with Crippen molar-refractivity contribution < 1.29 is 19.1 Å². The van der Waals surface area contributed by atoms with Gasteiger partial charge in [-0.1, -0.05) is 54.0 Å². The Balaban J connectivity index is 1.55. The minimum atomic E-state index is -0.376. The van der Waals surface area contributed by atoms with Gasteiger partial charge >= 0.3 is 5.97 Å². The number of fused-ring (bicyclic) bond motifs is 7. The molecule has 5 aliphatic rings. The van der Waals surface area contributed by atoms with Gasteiger partial charge in [0.2, 0.25) is 5.91 Å². The zero-order chi connectivity index (χ0) is 28.8. The van der Waals surface area contributed by atoms with Crippen LogP contribution in [0.5, 0.6) is 0 Å². The molecule has 0 bridgehead atoms. The summed E-state index contributed by atoms with van der Waals surface area (Å²) in [5, 5.41) is 0. The fourth-order valence-electron chi connectivity index (χ4n) is 11.7. The summed E-state index contributed by atoms with van der Waals surface area (Å²) < 4.78 is 5.89. The fraction of sp³-hybridized carbons (Fsp3) is 0.848. The van der Waals surface area contributed by atoms with Gasteiger partial charge < -0.3 is 4.74 Å². The van der Waals surface area contributed by atoms with Gasteiger partial charge in [0.05, 0.1) is 0 Å². The van der Waals surface area contributed by atoms with Crippen LogP contribution in [0.1, 0.15) is 120 Å². The molecule has 0 radical (unpaired) electrons. The highest BCUT2D eigenvalue weighted by molar-refractivity contribution is 6.01. The number of carbonyl (C=O) groups is 3. The van der Waals surface area contributed by atoms with E-state index in [4.69, 9.17) is 10.6 Å². The Morgan fingerprint density at radius 3 is 2.26 bits per heavy atom. The molecule has 0 spiro atoms. The predicted octanol–water partition coefficient (Wildman–Crippen LogP) is 6.28. The van der Waals surface area contributed by atoms with Gasteiger partial charge in [-0.2, -0.15) is 0 Å². The lowest BCUT2D eigenvalue weighted by Crippen LogP contribution is -2.65. The van der Waals surface area contributed by atoms with Crippen molar-refractivity contribution in [2.24, 2.45) is 56.6 Å². The summed E-state index contributed by atoms with van der Waals surface area (Å²) in [6.07, 6.45) is 9.26. The largest absolute Gasteiger partial charge is 0.462 e. The first kappa shape index (κ1) is 28.8. The SMILES string of the molecule is CC(=O)O[C@H]1CC[C@]2(C)[C@H]3CC[C@@H]4C5=C(C(C)C)C(=O)C[C@]5(CC(=O)NN)CC[C@@]4(C)[C@]3(C)CC[C@H]2C1(C)C. The van der Waals surface area contributed by atoms with E-state index in [9.17, 15) is 14.4 Å². The van der Waals surface area contributed by atoms with Crippen LogP contribution in [0.4, 0.5) is 0 Å². The van der Waals surface area contributed by atoms with Gasteiger partial charge in [0.15, 0.2) is 5.78 Å². The maximum Gasteiger partial charge on any atom is 0.302 e. The minimum Gasteiger partial charge on any atom is -0.462 e. The first-order valence-corrected chi connectivity index (χ1v) is 15.5. The molecule has 39 heavy (non-hydrogen) atoms. The van der Waals surface area contributed by atoms with Crippen molar-refractivity contribution >= 4 is 17.7 Å². The summed E-state index contributed by atoms with van der Waals surface area (Å²) in [5.74, 6) is 7.08. The fourth-order valence-corrected chi connectivity index (χ4v) is 11.7. The summed E-state index contributed by atoms with van der Waals surface area (Å²) in [4.78, 5) is 38.2. The van der Waals surface area contributed by atoms with E-state index in [1.54, 1.807) is 0 Å². The molecule has 0 aliphatic heterocycles. The Kier molecular flexibility index (Phi) is 6.77. The standard InChI is InChI=1S/C33H52N2O4/c1-19(2)27-22(37)17-33(18-26(38)35-34)16-15-31(7)21(28(27)33)9-10-24-30(6)13-12-25(39-20(3)36)29(4,5)23(30)11-14-32(24,31)8/h19,21,23-25H,9-18,34H2,1-8H3,(H,35,38)/t21-,23+,24-,25+,30+,31-,32-,33+/m1/s1. The minimum absolute atomic E-state index is 0.0170. The maximum absolute atomic E-state index is 13.6. The van der Waals surface area contributed by atoms with E-state index in [0.29, 0.717) is 30.6 Å². The Morgan fingerprint density at radius 1 is 0.949 bits per heavy atom. The lowest BCUT2D eigenvalue weighted by atomic mass is 9.33. The molecule has 218 valence electrons. The second-order valence-corrected chi connectivity index (χ2v) is 15.7. The Bertz CT molecular complexity index is 1110. The molecule has 0 aromatic heterocycles. The van der Waals surface area contributed by atoms with Crippen molar-refractivity contribution in [1.29, 1.82) is 0 Å². The molecule has 6 heteroatoms. The van der Waals surface area contributed by atoms with Crippen LogP contribution in [-0.2, 0) is 19.1 Å². The highest BCUT2D eigenvalue weighted by Crippen LogP contribution is 2.77. The van der Waals surface area contributed by atoms with E-state index in [1.807, 2.05) is 0 Å².